The number of hydrogen-bond acceptors (Lipinski definition) is 5. The van der Waals surface area contributed by atoms with Crippen molar-refractivity contribution in [3.8, 4) is 11.5 Å². The van der Waals surface area contributed by atoms with Crippen LogP contribution in [0, 0.1) is 0 Å². The average Bonchev–Trinajstić information content (AvgIpc) is 3.04. The second-order valence-electron chi connectivity index (χ2n) is 6.44. The lowest BCUT2D eigenvalue weighted by Crippen LogP contribution is -2.19. The highest BCUT2D eigenvalue weighted by Crippen LogP contribution is 2.32. The normalized spacial score (nSPS) is 17.4. The van der Waals surface area contributed by atoms with E-state index in [1.165, 1.54) is 11.8 Å². The summed E-state index contributed by atoms with van der Waals surface area (Å²) < 4.78 is 12.2. The van der Waals surface area contributed by atoms with Gasteiger partial charge in [0.05, 0.1) is 27.8 Å². The van der Waals surface area contributed by atoms with Crippen LogP contribution in [0.5, 0.6) is 11.5 Å². The number of carbonyl (C=O) groups is 1. The van der Waals surface area contributed by atoms with Crippen molar-refractivity contribution >= 4 is 50.5 Å². The number of halogens is 1. The maximum atomic E-state index is 12.3. The van der Waals surface area contributed by atoms with E-state index in [-0.39, 0.29) is 12.0 Å². The number of benzene rings is 2. The highest BCUT2D eigenvalue weighted by Gasteiger charge is 2.24. The molecule has 0 aliphatic carbocycles. The van der Waals surface area contributed by atoms with E-state index in [4.69, 9.17) is 9.47 Å². The van der Waals surface area contributed by atoms with E-state index in [0.717, 1.165) is 33.6 Å². The van der Waals surface area contributed by atoms with Gasteiger partial charge in [-0.2, -0.15) is 0 Å². The van der Waals surface area contributed by atoms with Gasteiger partial charge in [-0.25, -0.2) is 4.99 Å². The molecule has 7 heteroatoms. The molecule has 3 rings (SSSR count). The second-order valence-corrected chi connectivity index (χ2v) is 8.32. The molecule has 1 atom stereocenters. The molecule has 0 unspecified atom stereocenters. The molecule has 1 heterocycles. The van der Waals surface area contributed by atoms with Crippen molar-refractivity contribution in [2.24, 2.45) is 4.99 Å². The molecule has 5 nitrogen and oxygen atoms in total. The summed E-state index contributed by atoms with van der Waals surface area (Å²) in [4.78, 5) is 17.4. The van der Waals surface area contributed by atoms with Crippen LogP contribution in [0.25, 0.3) is 6.08 Å². The summed E-state index contributed by atoms with van der Waals surface area (Å²) in [6, 6.07) is 13.2. The number of amidine groups is 1. The summed E-state index contributed by atoms with van der Waals surface area (Å²) in [6.45, 7) is 6.68. The molecule has 1 N–H and O–H groups in total. The van der Waals surface area contributed by atoms with Gasteiger partial charge in [0.1, 0.15) is 11.5 Å². The molecule has 0 spiro atoms. The second kappa shape index (κ2) is 9.98. The fraction of sp³-hybridized carbons (Fsp3) is 0.273. The van der Waals surface area contributed by atoms with Crippen molar-refractivity contribution in [2.45, 2.75) is 33.3 Å². The summed E-state index contributed by atoms with van der Waals surface area (Å²) in [5.41, 5.74) is 1.67. The smallest absolute Gasteiger partial charge is 0.264 e. The summed E-state index contributed by atoms with van der Waals surface area (Å²) >= 11 is 4.87. The number of amides is 1. The van der Waals surface area contributed by atoms with Gasteiger partial charge in [-0.05, 0) is 96.0 Å². The number of thioether (sulfide) groups is 1. The van der Waals surface area contributed by atoms with Crippen LogP contribution in [-0.4, -0.2) is 23.8 Å². The molecule has 1 saturated heterocycles. The van der Waals surface area contributed by atoms with Crippen molar-refractivity contribution in [1.29, 1.82) is 0 Å². The first-order chi connectivity index (χ1) is 14.0. The Labute approximate surface area is 183 Å². The standard InChI is InChI=1S/C22H23BrN2O3S/c1-4-14(3)28-19-11-6-15(12-18(19)23)13-20-21(26)25-22(29-20)24-16-7-9-17(10-8-16)27-5-2/h6-14H,4-5H2,1-3H3,(H,24,25,26)/b20-13+/t14-/m0/s1. The highest BCUT2D eigenvalue weighted by molar-refractivity contribution is 9.10. The van der Waals surface area contributed by atoms with Crippen LogP contribution in [-0.2, 0) is 4.79 Å². The van der Waals surface area contributed by atoms with Crippen LogP contribution in [0.4, 0.5) is 5.69 Å². The Morgan fingerprint density at radius 2 is 1.97 bits per heavy atom. The Morgan fingerprint density at radius 1 is 1.21 bits per heavy atom. The van der Waals surface area contributed by atoms with Crippen LogP contribution >= 0.6 is 27.7 Å². The molecule has 0 bridgehead atoms. The minimum atomic E-state index is -0.157. The summed E-state index contributed by atoms with van der Waals surface area (Å²) in [7, 11) is 0. The summed E-state index contributed by atoms with van der Waals surface area (Å²) in [5, 5.41) is 3.37. The van der Waals surface area contributed by atoms with Crippen LogP contribution in [0.1, 0.15) is 32.8 Å². The van der Waals surface area contributed by atoms with Crippen molar-refractivity contribution < 1.29 is 14.3 Å². The number of carbonyl (C=O) groups excluding carboxylic acids is 1. The maximum Gasteiger partial charge on any atom is 0.264 e. The van der Waals surface area contributed by atoms with E-state index in [0.29, 0.717) is 16.7 Å². The van der Waals surface area contributed by atoms with E-state index in [2.05, 4.69) is 33.2 Å². The highest BCUT2D eigenvalue weighted by atomic mass is 79.9. The Balaban J connectivity index is 1.72. The van der Waals surface area contributed by atoms with Crippen LogP contribution in [0.2, 0.25) is 0 Å². The molecule has 2 aromatic rings. The quantitative estimate of drug-likeness (QED) is 0.506. The molecule has 1 fully saturated rings. The molecule has 0 saturated carbocycles. The molecular weight excluding hydrogens is 452 g/mol. The van der Waals surface area contributed by atoms with Crippen molar-refractivity contribution in [1.82, 2.24) is 5.32 Å². The largest absolute Gasteiger partial charge is 0.494 e. The van der Waals surface area contributed by atoms with Crippen LogP contribution in [0.3, 0.4) is 0 Å². The molecule has 1 amide bonds. The van der Waals surface area contributed by atoms with Gasteiger partial charge in [0.2, 0.25) is 0 Å². The Morgan fingerprint density at radius 3 is 2.62 bits per heavy atom. The lowest BCUT2D eigenvalue weighted by molar-refractivity contribution is -0.115. The number of nitrogens with one attached hydrogen (secondary N) is 1. The molecular formula is C22H23BrN2O3S. The van der Waals surface area contributed by atoms with Crippen LogP contribution < -0.4 is 14.8 Å². The van der Waals surface area contributed by atoms with Gasteiger partial charge in [-0.1, -0.05) is 13.0 Å². The molecule has 0 aromatic heterocycles. The fourth-order valence-corrected chi connectivity index (χ4v) is 3.87. The van der Waals surface area contributed by atoms with Gasteiger partial charge in [-0.3, -0.25) is 4.79 Å². The van der Waals surface area contributed by atoms with Crippen molar-refractivity contribution in [3.63, 3.8) is 0 Å². The van der Waals surface area contributed by atoms with Gasteiger partial charge in [0.15, 0.2) is 5.17 Å². The lowest BCUT2D eigenvalue weighted by atomic mass is 10.2. The van der Waals surface area contributed by atoms with Crippen molar-refractivity contribution in [3.05, 3.63) is 57.4 Å². The van der Waals surface area contributed by atoms with Crippen LogP contribution in [0.15, 0.2) is 56.8 Å². The topological polar surface area (TPSA) is 59.9 Å². The third kappa shape index (κ3) is 5.87. The zero-order valence-electron chi connectivity index (χ0n) is 16.6. The van der Waals surface area contributed by atoms with Crippen molar-refractivity contribution in [2.75, 3.05) is 6.61 Å². The zero-order valence-corrected chi connectivity index (χ0v) is 19.0. The van der Waals surface area contributed by atoms with Gasteiger partial charge < -0.3 is 14.8 Å². The Hall–Kier alpha value is -2.25. The SMILES string of the molecule is CCOc1ccc(N=C2NC(=O)/C(=C\c3ccc(O[C@@H](C)CC)c(Br)c3)S2)cc1. The molecule has 1 aliphatic heterocycles. The van der Waals surface area contributed by atoms with E-state index in [1.54, 1.807) is 0 Å². The monoisotopic (exact) mass is 474 g/mol. The predicted octanol–water partition coefficient (Wildman–Crippen LogP) is 5.92. The number of ether oxygens (including phenoxy) is 2. The Bertz CT molecular complexity index is 942. The minimum Gasteiger partial charge on any atom is -0.494 e. The molecule has 152 valence electrons. The van der Waals surface area contributed by atoms with E-state index in [1.807, 2.05) is 62.4 Å². The average molecular weight is 475 g/mol. The molecule has 0 radical (unpaired) electrons. The number of aliphatic imine (C=N–C) groups is 1. The number of rotatable bonds is 7. The third-order valence-electron chi connectivity index (χ3n) is 4.19. The van der Waals surface area contributed by atoms with Gasteiger partial charge >= 0.3 is 0 Å². The summed E-state index contributed by atoms with van der Waals surface area (Å²) in [5.74, 6) is 1.44. The minimum absolute atomic E-state index is 0.146. The first-order valence-electron chi connectivity index (χ1n) is 9.47. The Kier molecular flexibility index (Phi) is 7.39. The van der Waals surface area contributed by atoms with E-state index in [9.17, 15) is 4.79 Å². The van der Waals surface area contributed by atoms with E-state index >= 15 is 0 Å². The van der Waals surface area contributed by atoms with Gasteiger partial charge in [0.25, 0.3) is 5.91 Å². The first-order valence-corrected chi connectivity index (χ1v) is 11.1. The molecule has 2 aromatic carbocycles. The zero-order chi connectivity index (χ0) is 20.8. The first kappa shape index (κ1) is 21.5. The maximum absolute atomic E-state index is 12.3. The predicted molar refractivity (Wildman–Crippen MR) is 123 cm³/mol. The fourth-order valence-electron chi connectivity index (χ4n) is 2.54. The van der Waals surface area contributed by atoms with Gasteiger partial charge in [0, 0.05) is 0 Å². The molecule has 29 heavy (non-hydrogen) atoms. The lowest BCUT2D eigenvalue weighted by Gasteiger charge is -2.14. The van der Waals surface area contributed by atoms with E-state index < -0.39 is 0 Å². The number of nitrogens with zero attached hydrogens (tertiary/aromatic N) is 1. The number of hydrogen-bond donors (Lipinski definition) is 1. The third-order valence-corrected chi connectivity index (χ3v) is 5.72. The summed E-state index contributed by atoms with van der Waals surface area (Å²) in [6.07, 6.45) is 2.93. The molecule has 1 aliphatic rings. The van der Waals surface area contributed by atoms with Gasteiger partial charge in [-0.15, -0.1) is 0 Å².